The van der Waals surface area contributed by atoms with Crippen LogP contribution in [0.15, 0.2) is 67.3 Å². The van der Waals surface area contributed by atoms with Gasteiger partial charge in [-0.2, -0.15) is 0 Å². The van der Waals surface area contributed by atoms with Crippen molar-refractivity contribution in [2.75, 3.05) is 25.7 Å². The Morgan fingerprint density at radius 3 is 2.32 bits per heavy atom. The minimum absolute atomic E-state index is 0.173. The maximum Gasteiger partial charge on any atom is 0.407 e. The number of aryl methyl sites for hydroxylation is 1. The number of hydrogen-bond donors (Lipinski definition) is 4. The van der Waals surface area contributed by atoms with Gasteiger partial charge in [0.05, 0.1) is 56.1 Å². The summed E-state index contributed by atoms with van der Waals surface area (Å²) in [5, 5.41) is 5.16. The molecule has 59 heavy (non-hydrogen) atoms. The maximum absolute atomic E-state index is 14.8. The largest absolute Gasteiger partial charge is 0.453 e. The number of carbonyl (C=O) groups is 4. The number of benzene rings is 2. The number of alkyl carbamates (subject to hydrolysis) is 2. The second-order valence-corrected chi connectivity index (χ2v) is 15.2. The summed E-state index contributed by atoms with van der Waals surface area (Å²) in [6.45, 7) is 2.59. The van der Waals surface area contributed by atoms with E-state index in [-0.39, 0.29) is 17.6 Å². The summed E-state index contributed by atoms with van der Waals surface area (Å²) in [6, 6.07) is 10.3. The van der Waals surface area contributed by atoms with Gasteiger partial charge in [0, 0.05) is 48.1 Å². The molecular weight excluding hydrogens is 767 g/mol. The Morgan fingerprint density at radius 2 is 1.61 bits per heavy atom. The number of nitrogens with zero attached hydrogens (tertiary/aromatic N) is 6. The molecule has 0 spiro atoms. The number of hydrogen-bond acceptors (Lipinski definition) is 10. The summed E-state index contributed by atoms with van der Waals surface area (Å²) in [7, 11) is 2.43. The van der Waals surface area contributed by atoms with Crippen LogP contribution in [0.4, 0.5) is 24.1 Å². The number of halogens is 2. The van der Waals surface area contributed by atoms with Gasteiger partial charge in [0.2, 0.25) is 11.8 Å². The molecule has 3 aromatic heterocycles. The van der Waals surface area contributed by atoms with Crippen LogP contribution in [0.25, 0.3) is 33.9 Å². The van der Waals surface area contributed by atoms with Crippen molar-refractivity contribution in [3.05, 3.63) is 90.0 Å². The molecule has 0 saturated carbocycles. The predicted molar refractivity (Wildman–Crippen MR) is 209 cm³/mol. The molecule has 4 atom stereocenters. The number of alkyl halides is 2. The number of methoxy groups -OCH3 is 2. The van der Waals surface area contributed by atoms with Crippen LogP contribution in [-0.4, -0.2) is 97.6 Å². The first kappa shape index (κ1) is 39.1. The number of amides is 4. The average Bonchev–Trinajstić information content (AvgIpc) is 4.04. The van der Waals surface area contributed by atoms with Gasteiger partial charge < -0.3 is 35.0 Å². The Kier molecular flexibility index (Phi) is 10.3. The lowest BCUT2D eigenvalue weighted by atomic mass is 10.0. The molecule has 4 N–H and O–H groups in total. The number of rotatable bonds is 9. The molecule has 3 aliphatic heterocycles. The van der Waals surface area contributed by atoms with Gasteiger partial charge in [-0.05, 0) is 29.9 Å². The van der Waals surface area contributed by atoms with Crippen LogP contribution in [0.2, 0.25) is 0 Å². The highest BCUT2D eigenvalue weighted by Crippen LogP contribution is 2.45. The number of ether oxygens (including phenoxy) is 2. The summed E-state index contributed by atoms with van der Waals surface area (Å²) >= 11 is 0. The maximum atomic E-state index is 14.8. The van der Waals surface area contributed by atoms with Crippen molar-refractivity contribution in [2.45, 2.75) is 69.6 Å². The molecule has 4 amide bonds. The monoisotopic (exact) mass is 808 g/mol. The van der Waals surface area contributed by atoms with Crippen molar-refractivity contribution in [1.29, 1.82) is 0 Å². The molecule has 18 heteroatoms. The predicted octanol–water partition coefficient (Wildman–Crippen LogP) is 5.51. The van der Waals surface area contributed by atoms with Gasteiger partial charge >= 0.3 is 12.2 Å². The third-order valence-corrected chi connectivity index (χ3v) is 11.1. The molecule has 6 heterocycles. The first-order valence-electron chi connectivity index (χ1n) is 19.2. The number of carbonyl (C=O) groups excluding carboxylic acids is 4. The molecule has 0 aliphatic carbocycles. The van der Waals surface area contributed by atoms with Crippen LogP contribution in [0.1, 0.15) is 61.5 Å². The van der Waals surface area contributed by atoms with Gasteiger partial charge in [-0.1, -0.05) is 56.3 Å². The van der Waals surface area contributed by atoms with E-state index in [2.05, 4.69) is 40.3 Å². The third kappa shape index (κ3) is 7.57. The highest BCUT2D eigenvalue weighted by molar-refractivity contribution is 6.02. The van der Waals surface area contributed by atoms with Crippen LogP contribution in [-0.2, 0) is 31.9 Å². The Labute approximate surface area is 337 Å². The fourth-order valence-corrected chi connectivity index (χ4v) is 8.07. The molecule has 0 radical (unpaired) electrons. The summed E-state index contributed by atoms with van der Waals surface area (Å²) < 4.78 is 39.0. The normalized spacial score (nSPS) is 19.9. The fourth-order valence-electron chi connectivity index (χ4n) is 8.07. The van der Waals surface area contributed by atoms with Crippen molar-refractivity contribution in [2.24, 2.45) is 5.92 Å². The van der Waals surface area contributed by atoms with E-state index in [1.54, 1.807) is 37.3 Å². The lowest BCUT2D eigenvalue weighted by molar-refractivity contribution is -0.136. The number of imidazole rings is 2. The molecule has 1 unspecified atom stereocenters. The van der Waals surface area contributed by atoms with Gasteiger partial charge in [0.1, 0.15) is 23.7 Å². The second kappa shape index (κ2) is 15.6. The fraction of sp³-hybridized carbons (Fsp3) is 0.366. The molecule has 0 bridgehead atoms. The molecule has 306 valence electrons. The zero-order chi connectivity index (χ0) is 41.6. The SMILES string of the molecule is COC(=O)NC(C(=O)N1CC(F)(F)C[C@H]1c1ncc(-c2cnc(-c3ccc(-c4c[nH]c([C@@H]5Cc6cccc7c6N5C(=O)[C@@H](NC(=O)OC)CC7)n4)cc3)nc2)[nH]1)C(C)C. The molecule has 1 fully saturated rings. The second-order valence-electron chi connectivity index (χ2n) is 15.2. The smallest absolute Gasteiger partial charge is 0.407 e. The molecule has 8 rings (SSSR count). The molecule has 3 aliphatic rings. The van der Waals surface area contributed by atoms with E-state index in [9.17, 15) is 28.0 Å². The summed E-state index contributed by atoms with van der Waals surface area (Å²) in [6.07, 6.45) is 5.99. The van der Waals surface area contributed by atoms with Crippen molar-refractivity contribution >= 4 is 29.7 Å². The van der Waals surface area contributed by atoms with Crippen molar-refractivity contribution in [3.8, 4) is 33.9 Å². The first-order chi connectivity index (χ1) is 28.3. The number of nitrogens with one attached hydrogen (secondary N) is 4. The molecule has 5 aromatic rings. The highest BCUT2D eigenvalue weighted by Gasteiger charge is 2.50. The van der Waals surface area contributed by atoms with Crippen molar-refractivity contribution in [1.82, 2.24) is 45.4 Å². The molecule has 2 aromatic carbocycles. The van der Waals surface area contributed by atoms with Crippen LogP contribution in [0, 0.1) is 5.92 Å². The third-order valence-electron chi connectivity index (χ3n) is 11.1. The number of para-hydroxylation sites is 1. The Hall–Kier alpha value is -6.72. The highest BCUT2D eigenvalue weighted by atomic mass is 19.3. The number of aromatic nitrogens is 6. The van der Waals surface area contributed by atoms with Crippen molar-refractivity contribution in [3.63, 3.8) is 0 Å². The Balaban J connectivity index is 0.964. The number of anilines is 1. The number of aromatic amines is 2. The van der Waals surface area contributed by atoms with E-state index < -0.39 is 61.1 Å². The minimum atomic E-state index is -3.16. The van der Waals surface area contributed by atoms with E-state index >= 15 is 0 Å². The molecule has 1 saturated heterocycles. The Bertz CT molecular complexity index is 2400. The first-order valence-corrected chi connectivity index (χ1v) is 19.2. The summed E-state index contributed by atoms with van der Waals surface area (Å²) in [4.78, 5) is 78.9. The zero-order valence-electron chi connectivity index (χ0n) is 32.7. The zero-order valence-corrected chi connectivity index (χ0v) is 32.7. The number of likely N-dealkylation sites (tertiary alicyclic amines) is 1. The Morgan fingerprint density at radius 1 is 0.898 bits per heavy atom. The van der Waals surface area contributed by atoms with E-state index in [4.69, 9.17) is 9.72 Å². The van der Waals surface area contributed by atoms with Gasteiger partial charge in [-0.25, -0.2) is 38.3 Å². The van der Waals surface area contributed by atoms with Crippen LogP contribution < -0.4 is 15.5 Å². The van der Waals surface area contributed by atoms with Gasteiger partial charge in [-0.3, -0.25) is 14.5 Å². The lowest BCUT2D eigenvalue weighted by Crippen LogP contribution is -2.51. The van der Waals surface area contributed by atoms with Crippen LogP contribution >= 0.6 is 0 Å². The van der Waals surface area contributed by atoms with Gasteiger partial charge in [0.15, 0.2) is 5.82 Å². The molecule has 16 nitrogen and oxygen atoms in total. The van der Waals surface area contributed by atoms with Crippen LogP contribution in [0.5, 0.6) is 0 Å². The van der Waals surface area contributed by atoms with E-state index in [1.807, 2.05) is 42.5 Å². The topological polar surface area (TPSA) is 200 Å². The minimum Gasteiger partial charge on any atom is -0.453 e. The van der Waals surface area contributed by atoms with Crippen LogP contribution in [0.3, 0.4) is 0 Å². The van der Waals surface area contributed by atoms with Crippen molar-refractivity contribution < 1.29 is 37.4 Å². The van der Waals surface area contributed by atoms with E-state index in [0.29, 0.717) is 47.9 Å². The van der Waals surface area contributed by atoms with E-state index in [0.717, 1.165) is 40.0 Å². The molecular formula is C41H42F2N10O6. The number of H-pyrrole nitrogens is 2. The average molecular weight is 809 g/mol. The quantitative estimate of drug-likeness (QED) is 0.147. The van der Waals surface area contributed by atoms with E-state index in [1.165, 1.54) is 13.3 Å². The lowest BCUT2D eigenvalue weighted by Gasteiger charge is -2.29. The standard InChI is InChI=1S/C41H42F2N10O6/c1-21(2)32(51-40(57)59-4)38(55)52-20-41(42,43)15-31(52)36-47-19-29(49-36)26-16-44-34(45-17-26)24-10-8-22(9-11-24)28-18-46-35(48-28)30-14-25-7-5-6-23-12-13-27(50-39(56)58-3)37(54)53(30)33(23)25/h5-11,16-19,21,27,30-32H,12-15,20H2,1-4H3,(H,46,48)(H,47,49)(H,50,56)(H,51,57)/t27-,30-,31-,32?/m0/s1. The summed E-state index contributed by atoms with van der Waals surface area (Å²) in [5.41, 5.74) is 6.24. The van der Waals surface area contributed by atoms with Gasteiger partial charge in [-0.15, -0.1) is 0 Å². The summed E-state index contributed by atoms with van der Waals surface area (Å²) in [5.74, 6) is -3.18. The van der Waals surface area contributed by atoms with Gasteiger partial charge in [0.25, 0.3) is 5.92 Å².